The lowest BCUT2D eigenvalue weighted by Crippen LogP contribution is -3.08. The Morgan fingerprint density at radius 3 is 2.56 bits per heavy atom. The van der Waals surface area contributed by atoms with Crippen molar-refractivity contribution in [1.82, 2.24) is 0 Å². The summed E-state index contributed by atoms with van der Waals surface area (Å²) in [6.07, 6.45) is 6.18. The Kier molecular flexibility index (Phi) is 5.23. The number of hydrogen-bond acceptors (Lipinski definition) is 0. The third-order valence-corrected chi connectivity index (χ3v) is 1.19. The van der Waals surface area contributed by atoms with Crippen LogP contribution < -0.4 is 4.90 Å². The molecule has 0 saturated heterocycles. The first kappa shape index (κ1) is 8.44. The monoisotopic (exact) mass is 126 g/mol. The van der Waals surface area contributed by atoms with Crippen LogP contribution in [0.2, 0.25) is 0 Å². The van der Waals surface area contributed by atoms with E-state index in [4.69, 9.17) is 0 Å². The molecule has 0 amide bonds. The normalized spacial score (nSPS) is 14.0. The highest BCUT2D eigenvalue weighted by molar-refractivity contribution is 4.75. The molecule has 1 nitrogen and oxygen atoms in total. The third-order valence-electron chi connectivity index (χ3n) is 1.19. The second kappa shape index (κ2) is 5.57. The smallest absolute Gasteiger partial charge is 0.0958 e. The van der Waals surface area contributed by atoms with Crippen molar-refractivity contribution in [2.45, 2.75) is 6.92 Å². The van der Waals surface area contributed by atoms with Crippen molar-refractivity contribution >= 4 is 0 Å². The Morgan fingerprint density at radius 2 is 2.11 bits per heavy atom. The molecule has 0 radical (unpaired) electrons. The second-order valence-electron chi connectivity index (χ2n) is 2.22. The number of nitrogens with one attached hydrogen (secondary N) is 1. The van der Waals surface area contributed by atoms with Gasteiger partial charge in [-0.15, -0.1) is 0 Å². The fourth-order valence-corrected chi connectivity index (χ4v) is 0.649. The average Bonchev–Trinajstić information content (AvgIpc) is 1.85. The molecule has 1 unspecified atom stereocenters. The van der Waals surface area contributed by atoms with Crippen molar-refractivity contribution in [2.75, 3.05) is 20.1 Å². The van der Waals surface area contributed by atoms with E-state index in [0.717, 1.165) is 13.1 Å². The maximum atomic E-state index is 3.66. The van der Waals surface area contributed by atoms with Crippen LogP contribution in [0.15, 0.2) is 24.8 Å². The Bertz CT molecular complexity index is 94.7. The second-order valence-corrected chi connectivity index (χ2v) is 2.22. The van der Waals surface area contributed by atoms with E-state index in [2.05, 4.69) is 25.8 Å². The largest absolute Gasteiger partial charge is 0.331 e. The highest BCUT2D eigenvalue weighted by Gasteiger charge is 1.90. The molecular formula is C8H16N+. The molecule has 0 aliphatic heterocycles. The van der Waals surface area contributed by atoms with Gasteiger partial charge in [-0.2, -0.15) is 0 Å². The minimum atomic E-state index is 1.05. The maximum absolute atomic E-state index is 3.66. The summed E-state index contributed by atoms with van der Waals surface area (Å²) in [7, 11) is 2.15. The van der Waals surface area contributed by atoms with Crippen LogP contribution >= 0.6 is 0 Å². The van der Waals surface area contributed by atoms with Crippen molar-refractivity contribution in [3.63, 3.8) is 0 Å². The summed E-state index contributed by atoms with van der Waals surface area (Å²) in [4.78, 5) is 1.48. The Balaban J connectivity index is 3.25. The zero-order chi connectivity index (χ0) is 7.11. The zero-order valence-corrected chi connectivity index (χ0v) is 6.35. The van der Waals surface area contributed by atoms with Crippen molar-refractivity contribution in [3.05, 3.63) is 24.8 Å². The first-order chi connectivity index (χ1) is 4.31. The zero-order valence-electron chi connectivity index (χ0n) is 6.35. The minimum Gasteiger partial charge on any atom is -0.331 e. The lowest BCUT2D eigenvalue weighted by Gasteiger charge is -2.06. The van der Waals surface area contributed by atoms with Crippen molar-refractivity contribution in [1.29, 1.82) is 0 Å². The Labute approximate surface area is 57.7 Å². The molecule has 0 aromatic rings. The average molecular weight is 126 g/mol. The summed E-state index contributed by atoms with van der Waals surface area (Å²) in [6, 6.07) is 0. The van der Waals surface area contributed by atoms with Crippen molar-refractivity contribution < 1.29 is 4.90 Å². The Hall–Kier alpha value is -0.560. The molecule has 0 aliphatic rings. The van der Waals surface area contributed by atoms with E-state index >= 15 is 0 Å². The molecule has 0 bridgehead atoms. The standard InChI is InChI=1S/C8H15N/c1-4-6-8-9(3)7-5-2/h4-6H,2,7-8H2,1,3H3/p+1. The fourth-order valence-electron chi connectivity index (χ4n) is 0.649. The van der Waals surface area contributed by atoms with Crippen molar-refractivity contribution in [2.24, 2.45) is 0 Å². The fraction of sp³-hybridized carbons (Fsp3) is 0.500. The molecule has 1 heteroatoms. The predicted molar refractivity (Wildman–Crippen MR) is 41.6 cm³/mol. The molecule has 52 valence electrons. The van der Waals surface area contributed by atoms with Gasteiger partial charge in [-0.05, 0) is 19.1 Å². The van der Waals surface area contributed by atoms with Gasteiger partial charge in [-0.3, -0.25) is 0 Å². The van der Waals surface area contributed by atoms with Crippen LogP contribution in [-0.2, 0) is 0 Å². The summed E-state index contributed by atoms with van der Waals surface area (Å²) < 4.78 is 0. The molecule has 0 fully saturated rings. The molecule has 0 aliphatic carbocycles. The van der Waals surface area contributed by atoms with Crippen molar-refractivity contribution in [3.8, 4) is 0 Å². The van der Waals surface area contributed by atoms with E-state index in [1.807, 2.05) is 13.0 Å². The third kappa shape index (κ3) is 5.31. The lowest BCUT2D eigenvalue weighted by atomic mass is 10.4. The first-order valence-electron chi connectivity index (χ1n) is 3.34. The predicted octanol–water partition coefficient (Wildman–Crippen LogP) is 0.263. The summed E-state index contributed by atoms with van der Waals surface area (Å²) >= 11 is 0. The quantitative estimate of drug-likeness (QED) is 0.515. The summed E-state index contributed by atoms with van der Waals surface area (Å²) in [5.41, 5.74) is 0. The van der Waals surface area contributed by atoms with E-state index < -0.39 is 0 Å². The number of hydrogen-bond donors (Lipinski definition) is 1. The van der Waals surface area contributed by atoms with E-state index in [1.165, 1.54) is 4.90 Å². The van der Waals surface area contributed by atoms with E-state index in [9.17, 15) is 0 Å². The van der Waals surface area contributed by atoms with Crippen LogP contribution in [-0.4, -0.2) is 20.1 Å². The van der Waals surface area contributed by atoms with Gasteiger partial charge in [0.15, 0.2) is 0 Å². The summed E-state index contributed by atoms with van der Waals surface area (Å²) in [5, 5.41) is 0. The molecule has 0 rings (SSSR count). The van der Waals surface area contributed by atoms with Gasteiger partial charge in [0.25, 0.3) is 0 Å². The van der Waals surface area contributed by atoms with Crippen LogP contribution in [0.4, 0.5) is 0 Å². The molecule has 1 atom stereocenters. The topological polar surface area (TPSA) is 4.44 Å². The molecular weight excluding hydrogens is 110 g/mol. The van der Waals surface area contributed by atoms with E-state index in [1.54, 1.807) is 0 Å². The van der Waals surface area contributed by atoms with E-state index in [0.29, 0.717) is 0 Å². The van der Waals surface area contributed by atoms with Gasteiger partial charge in [-0.25, -0.2) is 0 Å². The van der Waals surface area contributed by atoms with Gasteiger partial charge in [-0.1, -0.05) is 12.7 Å². The molecule has 9 heavy (non-hydrogen) atoms. The van der Waals surface area contributed by atoms with E-state index in [-0.39, 0.29) is 0 Å². The van der Waals surface area contributed by atoms with Gasteiger partial charge < -0.3 is 4.90 Å². The molecule has 0 aromatic heterocycles. The minimum absolute atomic E-state index is 1.05. The van der Waals surface area contributed by atoms with Gasteiger partial charge in [0, 0.05) is 0 Å². The molecule has 0 spiro atoms. The van der Waals surface area contributed by atoms with Crippen LogP contribution in [0.5, 0.6) is 0 Å². The molecule has 0 heterocycles. The Morgan fingerprint density at radius 1 is 1.44 bits per heavy atom. The molecule has 1 N–H and O–H groups in total. The number of allylic oxidation sites excluding steroid dienone is 1. The lowest BCUT2D eigenvalue weighted by molar-refractivity contribution is -0.867. The van der Waals surface area contributed by atoms with Gasteiger partial charge in [0.1, 0.15) is 0 Å². The highest BCUT2D eigenvalue weighted by atomic mass is 15.1. The van der Waals surface area contributed by atoms with Crippen LogP contribution in [0.3, 0.4) is 0 Å². The van der Waals surface area contributed by atoms with Gasteiger partial charge in [0.05, 0.1) is 20.1 Å². The van der Waals surface area contributed by atoms with Gasteiger partial charge in [0.2, 0.25) is 0 Å². The summed E-state index contributed by atoms with van der Waals surface area (Å²) in [5.74, 6) is 0. The van der Waals surface area contributed by atoms with Crippen LogP contribution in [0.1, 0.15) is 6.92 Å². The summed E-state index contributed by atoms with van der Waals surface area (Å²) in [6.45, 7) is 7.85. The molecule has 0 aromatic carbocycles. The van der Waals surface area contributed by atoms with Crippen LogP contribution in [0, 0.1) is 0 Å². The van der Waals surface area contributed by atoms with Gasteiger partial charge >= 0.3 is 0 Å². The first-order valence-corrected chi connectivity index (χ1v) is 3.34. The maximum Gasteiger partial charge on any atom is 0.0958 e. The number of rotatable bonds is 4. The highest BCUT2D eigenvalue weighted by Crippen LogP contribution is 1.61. The number of likely N-dealkylation sites (N-methyl/N-ethyl adjacent to an activating group) is 1. The molecule has 0 saturated carbocycles. The number of quaternary nitrogens is 1. The van der Waals surface area contributed by atoms with Crippen LogP contribution in [0.25, 0.3) is 0 Å². The SMILES string of the molecule is C=CC[NH+](C)CC=CC.